The minimum atomic E-state index is -3.69. The molecule has 1 aromatic carbocycles. The number of nitrogens with one attached hydrogen (secondary N) is 1. The summed E-state index contributed by atoms with van der Waals surface area (Å²) in [7, 11) is -3.69. The lowest BCUT2D eigenvalue weighted by atomic mass is 10.1. The first-order valence-electron chi connectivity index (χ1n) is 5.86. The first-order valence-corrected chi connectivity index (χ1v) is 8.98. The summed E-state index contributed by atoms with van der Waals surface area (Å²) in [6, 6.07) is 4.71. The molecule has 6 nitrogen and oxygen atoms in total. The predicted molar refractivity (Wildman–Crippen MR) is 79.9 cm³/mol. The smallest absolute Gasteiger partial charge is 0.270 e. The van der Waals surface area contributed by atoms with Crippen molar-refractivity contribution in [3.05, 3.63) is 39.9 Å². The molecule has 0 saturated heterocycles. The Morgan fingerprint density at radius 2 is 2.09 bits per heavy atom. The molecule has 114 valence electrons. The van der Waals surface area contributed by atoms with Crippen molar-refractivity contribution in [2.45, 2.75) is 10.1 Å². The number of benzene rings is 1. The zero-order valence-corrected chi connectivity index (χ0v) is 13.2. The topological polar surface area (TPSA) is 104 Å². The number of nitrogens with zero attached hydrogens (tertiary/aromatic N) is 2. The van der Waals surface area contributed by atoms with E-state index in [1.807, 2.05) is 0 Å². The largest absolute Gasteiger partial charge is 0.300 e. The Hall–Kier alpha value is -2.18. The molecule has 0 saturated carbocycles. The van der Waals surface area contributed by atoms with Crippen molar-refractivity contribution in [1.29, 1.82) is 5.26 Å². The van der Waals surface area contributed by atoms with Gasteiger partial charge in [0.1, 0.15) is 17.4 Å². The second-order valence-corrected chi connectivity index (χ2v) is 7.10. The number of hydrogen-bond donors (Lipinski definition) is 1. The first-order chi connectivity index (χ1) is 10.3. The van der Waals surface area contributed by atoms with Gasteiger partial charge in [0.15, 0.2) is 15.0 Å². The van der Waals surface area contributed by atoms with E-state index >= 15 is 0 Å². The van der Waals surface area contributed by atoms with E-state index in [1.165, 1.54) is 0 Å². The van der Waals surface area contributed by atoms with E-state index in [-0.39, 0.29) is 26.9 Å². The van der Waals surface area contributed by atoms with Crippen molar-refractivity contribution in [3.63, 3.8) is 0 Å². The second-order valence-electron chi connectivity index (χ2n) is 4.32. The van der Waals surface area contributed by atoms with Gasteiger partial charge in [-0.2, -0.15) is 5.26 Å². The minimum absolute atomic E-state index is 0.111. The molecular formula is C13H10FN3O3S2. The second kappa shape index (κ2) is 5.90. The Kier molecular flexibility index (Phi) is 4.35. The molecule has 1 heterocycles. The molecule has 0 aliphatic carbocycles. The van der Waals surface area contributed by atoms with E-state index < -0.39 is 21.2 Å². The van der Waals surface area contributed by atoms with E-state index in [2.05, 4.69) is 9.97 Å². The molecule has 2 rings (SSSR count). The molecule has 1 N–H and O–H groups in total. The number of sulfone groups is 1. The summed E-state index contributed by atoms with van der Waals surface area (Å²) in [5.74, 6) is -0.695. The molecule has 0 atom stereocenters. The van der Waals surface area contributed by atoms with Crippen molar-refractivity contribution >= 4 is 21.6 Å². The highest BCUT2D eigenvalue weighted by molar-refractivity contribution is 7.98. The van der Waals surface area contributed by atoms with Crippen LogP contribution >= 0.6 is 11.8 Å². The van der Waals surface area contributed by atoms with Gasteiger partial charge in [0.25, 0.3) is 5.56 Å². The van der Waals surface area contributed by atoms with Gasteiger partial charge in [0.05, 0.1) is 10.6 Å². The first kappa shape index (κ1) is 16.2. The minimum Gasteiger partial charge on any atom is -0.300 e. The molecule has 0 amide bonds. The van der Waals surface area contributed by atoms with Crippen LogP contribution in [-0.4, -0.2) is 30.9 Å². The molecule has 22 heavy (non-hydrogen) atoms. The monoisotopic (exact) mass is 339 g/mol. The molecule has 9 heteroatoms. The number of rotatable bonds is 3. The molecule has 1 aromatic heterocycles. The van der Waals surface area contributed by atoms with Crippen LogP contribution in [0.3, 0.4) is 0 Å². The predicted octanol–water partition coefficient (Wildman–Crippen LogP) is 1.57. The van der Waals surface area contributed by atoms with Gasteiger partial charge >= 0.3 is 0 Å². The van der Waals surface area contributed by atoms with Crippen LogP contribution in [0.2, 0.25) is 0 Å². The Labute approximate surface area is 129 Å². The number of nitriles is 1. The third-order valence-electron chi connectivity index (χ3n) is 2.80. The Morgan fingerprint density at radius 3 is 2.64 bits per heavy atom. The van der Waals surface area contributed by atoms with Gasteiger partial charge in [0, 0.05) is 11.8 Å². The maximum Gasteiger partial charge on any atom is 0.270 e. The lowest BCUT2D eigenvalue weighted by molar-refractivity contribution is 0.600. The fourth-order valence-corrected chi connectivity index (χ4v) is 3.11. The molecule has 0 aliphatic heterocycles. The van der Waals surface area contributed by atoms with Crippen molar-refractivity contribution in [2.75, 3.05) is 12.5 Å². The SMILES string of the molecule is CSc1nc(-c2cc(F)ccc2S(C)(=O)=O)c(C#N)c(=O)[nH]1. The summed E-state index contributed by atoms with van der Waals surface area (Å²) in [5.41, 5.74) is -1.34. The summed E-state index contributed by atoms with van der Waals surface area (Å²) in [5, 5.41) is 9.32. The van der Waals surface area contributed by atoms with Crippen LogP contribution in [0.1, 0.15) is 5.56 Å². The van der Waals surface area contributed by atoms with Crippen LogP contribution in [-0.2, 0) is 9.84 Å². The van der Waals surface area contributed by atoms with Crippen molar-refractivity contribution in [2.24, 2.45) is 0 Å². The number of hydrogen-bond acceptors (Lipinski definition) is 6. The number of thioether (sulfide) groups is 1. The van der Waals surface area contributed by atoms with Gasteiger partial charge in [-0.15, -0.1) is 0 Å². The van der Waals surface area contributed by atoms with Gasteiger partial charge in [-0.1, -0.05) is 11.8 Å². The summed E-state index contributed by atoms with van der Waals surface area (Å²) in [4.78, 5) is 18.1. The molecule has 0 unspecified atom stereocenters. The molecule has 0 fully saturated rings. The van der Waals surface area contributed by atoms with E-state index in [4.69, 9.17) is 5.26 Å². The normalized spacial score (nSPS) is 11.2. The fourth-order valence-electron chi connectivity index (χ4n) is 1.86. The average molecular weight is 339 g/mol. The highest BCUT2D eigenvalue weighted by Gasteiger charge is 2.21. The Balaban J connectivity index is 2.94. The van der Waals surface area contributed by atoms with Crippen LogP contribution in [0, 0.1) is 17.1 Å². The summed E-state index contributed by atoms with van der Waals surface area (Å²) in [6.07, 6.45) is 2.61. The molecule has 0 spiro atoms. The number of aromatic nitrogens is 2. The molecule has 0 radical (unpaired) electrons. The lowest BCUT2D eigenvalue weighted by Crippen LogP contribution is -2.15. The van der Waals surface area contributed by atoms with Crippen LogP contribution < -0.4 is 5.56 Å². The Morgan fingerprint density at radius 1 is 1.41 bits per heavy atom. The van der Waals surface area contributed by atoms with E-state index in [1.54, 1.807) is 12.3 Å². The maximum atomic E-state index is 13.5. The highest BCUT2D eigenvalue weighted by Crippen LogP contribution is 2.29. The van der Waals surface area contributed by atoms with Crippen LogP contribution in [0.15, 0.2) is 33.0 Å². The third-order valence-corrected chi connectivity index (χ3v) is 4.53. The lowest BCUT2D eigenvalue weighted by Gasteiger charge is -2.10. The number of aromatic amines is 1. The quantitative estimate of drug-likeness (QED) is 0.517. The van der Waals surface area contributed by atoms with Gasteiger partial charge in [-0.3, -0.25) is 4.79 Å². The molecule has 0 bridgehead atoms. The van der Waals surface area contributed by atoms with Crippen LogP contribution in [0.5, 0.6) is 0 Å². The molecule has 0 aliphatic rings. The average Bonchev–Trinajstić information content (AvgIpc) is 2.44. The van der Waals surface area contributed by atoms with Gasteiger partial charge in [-0.25, -0.2) is 17.8 Å². The standard InChI is InChI=1S/C13H10FN3O3S2/c1-21-13-16-11(9(6-15)12(18)17-13)8-5-7(14)3-4-10(8)22(2,19)20/h3-5H,1-2H3,(H,16,17,18). The van der Waals surface area contributed by atoms with Crippen molar-refractivity contribution < 1.29 is 12.8 Å². The number of H-pyrrole nitrogens is 1. The van der Waals surface area contributed by atoms with Crippen molar-refractivity contribution in [3.8, 4) is 17.3 Å². The molecular weight excluding hydrogens is 329 g/mol. The van der Waals surface area contributed by atoms with Crippen LogP contribution in [0.25, 0.3) is 11.3 Å². The summed E-state index contributed by atoms with van der Waals surface area (Å²) in [6.45, 7) is 0. The third kappa shape index (κ3) is 3.03. The highest BCUT2D eigenvalue weighted by atomic mass is 32.2. The van der Waals surface area contributed by atoms with Gasteiger partial charge < -0.3 is 4.98 Å². The zero-order chi connectivity index (χ0) is 16.5. The summed E-state index contributed by atoms with van der Waals surface area (Å²) >= 11 is 1.11. The maximum absolute atomic E-state index is 13.5. The van der Waals surface area contributed by atoms with E-state index in [0.717, 1.165) is 36.2 Å². The van der Waals surface area contributed by atoms with Crippen molar-refractivity contribution in [1.82, 2.24) is 9.97 Å². The molecule has 2 aromatic rings. The van der Waals surface area contributed by atoms with E-state index in [0.29, 0.717) is 0 Å². The zero-order valence-electron chi connectivity index (χ0n) is 11.5. The number of halogens is 1. The van der Waals surface area contributed by atoms with E-state index in [9.17, 15) is 17.6 Å². The summed E-state index contributed by atoms with van der Waals surface area (Å²) < 4.78 is 37.2. The fraction of sp³-hybridized carbons (Fsp3) is 0.154. The van der Waals surface area contributed by atoms with Crippen LogP contribution in [0.4, 0.5) is 4.39 Å². The van der Waals surface area contributed by atoms with Gasteiger partial charge in [0.2, 0.25) is 0 Å². The van der Waals surface area contributed by atoms with Gasteiger partial charge in [-0.05, 0) is 24.5 Å². The Bertz CT molecular complexity index is 946.